The van der Waals surface area contributed by atoms with Crippen LogP contribution in [0.5, 0.6) is 0 Å². The SMILES string of the molecule is CC(NC(=O)C1CC=CCC1)C(=O)NCc1ccccc1. The number of carbonyl (C=O) groups is 2. The van der Waals surface area contributed by atoms with Crippen molar-refractivity contribution in [2.24, 2.45) is 5.92 Å². The van der Waals surface area contributed by atoms with E-state index >= 15 is 0 Å². The Balaban J connectivity index is 1.76. The molecule has 0 radical (unpaired) electrons. The van der Waals surface area contributed by atoms with Crippen molar-refractivity contribution in [2.45, 2.75) is 38.8 Å². The van der Waals surface area contributed by atoms with Crippen molar-refractivity contribution in [3.8, 4) is 0 Å². The largest absolute Gasteiger partial charge is 0.350 e. The van der Waals surface area contributed by atoms with E-state index in [2.05, 4.69) is 16.7 Å². The van der Waals surface area contributed by atoms with E-state index in [0.717, 1.165) is 24.8 Å². The van der Waals surface area contributed by atoms with E-state index in [9.17, 15) is 9.59 Å². The number of benzene rings is 1. The number of rotatable bonds is 5. The van der Waals surface area contributed by atoms with E-state index in [-0.39, 0.29) is 17.7 Å². The summed E-state index contributed by atoms with van der Waals surface area (Å²) in [6.07, 6.45) is 6.70. The molecule has 4 nitrogen and oxygen atoms in total. The second-order valence-electron chi connectivity index (χ2n) is 5.42. The number of hydrogen-bond donors (Lipinski definition) is 2. The smallest absolute Gasteiger partial charge is 0.242 e. The fraction of sp³-hybridized carbons (Fsp3) is 0.412. The molecule has 2 rings (SSSR count). The van der Waals surface area contributed by atoms with E-state index in [1.54, 1.807) is 6.92 Å². The van der Waals surface area contributed by atoms with Gasteiger partial charge in [-0.1, -0.05) is 42.5 Å². The van der Waals surface area contributed by atoms with Crippen LogP contribution in [0.15, 0.2) is 42.5 Å². The third kappa shape index (κ3) is 4.74. The average molecular weight is 286 g/mol. The summed E-state index contributed by atoms with van der Waals surface area (Å²) in [5, 5.41) is 5.64. The molecular weight excluding hydrogens is 264 g/mol. The van der Waals surface area contributed by atoms with Gasteiger partial charge in [0, 0.05) is 12.5 Å². The molecule has 0 aliphatic heterocycles. The monoisotopic (exact) mass is 286 g/mol. The Hall–Kier alpha value is -2.10. The molecule has 2 atom stereocenters. The van der Waals surface area contributed by atoms with Crippen molar-refractivity contribution < 1.29 is 9.59 Å². The molecule has 1 aliphatic carbocycles. The van der Waals surface area contributed by atoms with Gasteiger partial charge in [0.2, 0.25) is 11.8 Å². The molecule has 21 heavy (non-hydrogen) atoms. The molecular formula is C17H22N2O2. The summed E-state index contributed by atoms with van der Waals surface area (Å²) in [5.74, 6) is -0.181. The van der Waals surface area contributed by atoms with Crippen molar-refractivity contribution in [1.82, 2.24) is 10.6 Å². The average Bonchev–Trinajstić information content (AvgIpc) is 2.54. The Bertz CT molecular complexity index is 511. The minimum absolute atomic E-state index is 0.000580. The number of carbonyl (C=O) groups excluding carboxylic acids is 2. The Kier molecular flexibility index (Phi) is 5.55. The molecule has 1 aromatic carbocycles. The summed E-state index contributed by atoms with van der Waals surface area (Å²) in [5.41, 5.74) is 1.04. The first kappa shape index (κ1) is 15.3. The lowest BCUT2D eigenvalue weighted by Crippen LogP contribution is -2.46. The van der Waals surface area contributed by atoms with Gasteiger partial charge in [-0.2, -0.15) is 0 Å². The highest BCUT2D eigenvalue weighted by atomic mass is 16.2. The molecule has 1 aromatic rings. The van der Waals surface area contributed by atoms with Crippen molar-refractivity contribution in [1.29, 1.82) is 0 Å². The van der Waals surface area contributed by atoms with Gasteiger partial charge in [0.1, 0.15) is 6.04 Å². The molecule has 0 saturated heterocycles. The molecule has 2 unspecified atom stereocenters. The van der Waals surface area contributed by atoms with Gasteiger partial charge in [-0.05, 0) is 31.7 Å². The highest BCUT2D eigenvalue weighted by Crippen LogP contribution is 2.18. The molecule has 0 heterocycles. The van der Waals surface area contributed by atoms with Gasteiger partial charge in [-0.3, -0.25) is 9.59 Å². The van der Waals surface area contributed by atoms with Crippen LogP contribution in [0.1, 0.15) is 31.7 Å². The van der Waals surface area contributed by atoms with Gasteiger partial charge in [-0.25, -0.2) is 0 Å². The molecule has 2 N–H and O–H groups in total. The molecule has 4 heteroatoms. The van der Waals surface area contributed by atoms with Crippen LogP contribution in [0.3, 0.4) is 0 Å². The standard InChI is InChI=1S/C17H22N2O2/c1-13(19-17(21)15-10-6-3-7-11-15)16(20)18-12-14-8-4-2-5-9-14/h2-6,8-9,13,15H,7,10-12H2,1H3,(H,18,20)(H,19,21). The second-order valence-corrected chi connectivity index (χ2v) is 5.42. The van der Waals surface area contributed by atoms with Gasteiger partial charge in [0.05, 0.1) is 0 Å². The zero-order valence-electron chi connectivity index (χ0n) is 12.3. The minimum atomic E-state index is -0.507. The first-order chi connectivity index (χ1) is 10.2. The highest BCUT2D eigenvalue weighted by molar-refractivity contribution is 5.88. The van der Waals surface area contributed by atoms with Crippen LogP contribution in [0.2, 0.25) is 0 Å². The number of allylic oxidation sites excluding steroid dienone is 2. The lowest BCUT2D eigenvalue weighted by Gasteiger charge is -2.20. The van der Waals surface area contributed by atoms with Gasteiger partial charge in [0.25, 0.3) is 0 Å². The van der Waals surface area contributed by atoms with E-state index in [1.807, 2.05) is 36.4 Å². The topological polar surface area (TPSA) is 58.2 Å². The maximum Gasteiger partial charge on any atom is 0.242 e. The normalized spacial score (nSPS) is 18.8. The van der Waals surface area contributed by atoms with Crippen LogP contribution in [0, 0.1) is 5.92 Å². The number of nitrogens with one attached hydrogen (secondary N) is 2. The van der Waals surface area contributed by atoms with Crippen molar-refractivity contribution in [2.75, 3.05) is 0 Å². The molecule has 2 amide bonds. The quantitative estimate of drug-likeness (QED) is 0.815. The Morgan fingerprint density at radius 2 is 2.00 bits per heavy atom. The lowest BCUT2D eigenvalue weighted by molar-refractivity contribution is -0.131. The summed E-state index contributed by atoms with van der Waals surface area (Å²) in [6.45, 7) is 2.20. The van der Waals surface area contributed by atoms with Crippen LogP contribution in [-0.4, -0.2) is 17.9 Å². The van der Waals surface area contributed by atoms with Gasteiger partial charge in [0.15, 0.2) is 0 Å². The van der Waals surface area contributed by atoms with E-state index in [1.165, 1.54) is 0 Å². The third-order valence-corrected chi connectivity index (χ3v) is 3.70. The van der Waals surface area contributed by atoms with Crippen LogP contribution in [0.25, 0.3) is 0 Å². The lowest BCUT2D eigenvalue weighted by atomic mass is 9.93. The molecule has 1 aliphatic rings. The maximum absolute atomic E-state index is 12.1. The van der Waals surface area contributed by atoms with Gasteiger partial charge >= 0.3 is 0 Å². The Labute approximate surface area is 125 Å². The predicted molar refractivity (Wildman–Crippen MR) is 82.4 cm³/mol. The van der Waals surface area contributed by atoms with E-state index < -0.39 is 6.04 Å². The zero-order valence-corrected chi connectivity index (χ0v) is 12.3. The second kappa shape index (κ2) is 7.62. The molecule has 0 fully saturated rings. The third-order valence-electron chi connectivity index (χ3n) is 3.70. The Morgan fingerprint density at radius 1 is 1.24 bits per heavy atom. The summed E-state index contributed by atoms with van der Waals surface area (Å²) in [7, 11) is 0. The van der Waals surface area contributed by atoms with Gasteiger partial charge < -0.3 is 10.6 Å². The first-order valence-corrected chi connectivity index (χ1v) is 7.44. The molecule has 112 valence electrons. The molecule has 0 saturated carbocycles. The van der Waals surface area contributed by atoms with E-state index in [4.69, 9.17) is 0 Å². The summed E-state index contributed by atoms with van der Waals surface area (Å²) >= 11 is 0. The maximum atomic E-state index is 12.1. The first-order valence-electron chi connectivity index (χ1n) is 7.44. The van der Waals surface area contributed by atoms with Crippen molar-refractivity contribution in [3.05, 3.63) is 48.0 Å². The molecule has 0 spiro atoms. The van der Waals surface area contributed by atoms with E-state index in [0.29, 0.717) is 6.54 Å². The molecule has 0 aromatic heterocycles. The predicted octanol–water partition coefficient (Wildman–Crippen LogP) is 2.16. The summed E-state index contributed by atoms with van der Waals surface area (Å²) in [6, 6.07) is 9.21. The van der Waals surface area contributed by atoms with Crippen molar-refractivity contribution >= 4 is 11.8 Å². The number of amides is 2. The van der Waals surface area contributed by atoms with Crippen LogP contribution in [0.4, 0.5) is 0 Å². The van der Waals surface area contributed by atoms with Crippen molar-refractivity contribution in [3.63, 3.8) is 0 Å². The fourth-order valence-electron chi connectivity index (χ4n) is 2.37. The van der Waals surface area contributed by atoms with Crippen LogP contribution in [-0.2, 0) is 16.1 Å². The van der Waals surface area contributed by atoms with Crippen LogP contribution < -0.4 is 10.6 Å². The van der Waals surface area contributed by atoms with Crippen LogP contribution >= 0.6 is 0 Å². The fourth-order valence-corrected chi connectivity index (χ4v) is 2.37. The minimum Gasteiger partial charge on any atom is -0.350 e. The zero-order chi connectivity index (χ0) is 15.1. The number of hydrogen-bond acceptors (Lipinski definition) is 2. The van der Waals surface area contributed by atoms with Gasteiger partial charge in [-0.15, -0.1) is 0 Å². The Morgan fingerprint density at radius 3 is 2.67 bits per heavy atom. The highest BCUT2D eigenvalue weighted by Gasteiger charge is 2.22. The molecule has 0 bridgehead atoms. The summed E-state index contributed by atoms with van der Waals surface area (Å²) in [4.78, 5) is 24.1. The summed E-state index contributed by atoms with van der Waals surface area (Å²) < 4.78 is 0.